The van der Waals surface area contributed by atoms with Gasteiger partial charge in [0.05, 0.1) is 11.3 Å². The predicted octanol–water partition coefficient (Wildman–Crippen LogP) is 3.65. The molecular weight excluding hydrogens is 320 g/mol. The summed E-state index contributed by atoms with van der Waals surface area (Å²) in [5.74, 6) is 0.430. The Bertz CT molecular complexity index is 904. The van der Waals surface area contributed by atoms with Gasteiger partial charge in [0, 0.05) is 12.0 Å². The molecule has 0 unspecified atom stereocenters. The Balaban J connectivity index is 1.79. The van der Waals surface area contributed by atoms with Gasteiger partial charge in [0.25, 0.3) is 5.91 Å². The monoisotopic (exact) mass is 336 g/mol. The smallest absolute Gasteiger partial charge is 0.337 e. The first-order valence-corrected chi connectivity index (χ1v) is 7.84. The highest BCUT2D eigenvalue weighted by Gasteiger charge is 2.36. The maximum absolute atomic E-state index is 12.3. The van der Waals surface area contributed by atoms with Crippen molar-refractivity contribution in [2.24, 2.45) is 5.92 Å². The third kappa shape index (κ3) is 3.61. The second kappa shape index (κ2) is 6.65. The number of nitrogens with one attached hydrogen (secondary N) is 1. The van der Waals surface area contributed by atoms with Crippen molar-refractivity contribution in [2.45, 2.75) is 19.3 Å². The first-order chi connectivity index (χ1) is 12.0. The second-order valence-corrected chi connectivity index (χ2v) is 6.03. The lowest BCUT2D eigenvalue weighted by Gasteiger charge is -2.07. The van der Waals surface area contributed by atoms with E-state index >= 15 is 0 Å². The van der Waals surface area contributed by atoms with Gasteiger partial charge in [-0.3, -0.25) is 4.79 Å². The molecule has 0 saturated heterocycles. The molecular formula is C19H16N2O4. The summed E-state index contributed by atoms with van der Waals surface area (Å²) in [5.41, 5.74) is -0.0748. The first kappa shape index (κ1) is 16.5. The number of hydrogen-bond donors (Lipinski definition) is 2. The highest BCUT2D eigenvalue weighted by Crippen LogP contribution is 2.47. The number of nitriles is 1. The number of carbonyl (C=O) groups is 2. The first-order valence-electron chi connectivity index (χ1n) is 7.84. The molecule has 6 heteroatoms. The number of nitrogens with zero attached hydrogens (tertiary/aromatic N) is 1. The van der Waals surface area contributed by atoms with Crippen molar-refractivity contribution in [1.82, 2.24) is 0 Å². The van der Waals surface area contributed by atoms with E-state index in [9.17, 15) is 14.9 Å². The summed E-state index contributed by atoms with van der Waals surface area (Å²) >= 11 is 0. The fourth-order valence-electron chi connectivity index (χ4n) is 2.62. The molecule has 126 valence electrons. The third-order valence-corrected chi connectivity index (χ3v) is 4.18. The highest BCUT2D eigenvalue weighted by atomic mass is 16.4. The summed E-state index contributed by atoms with van der Waals surface area (Å²) in [5, 5.41) is 20.9. The molecule has 2 N–H and O–H groups in total. The van der Waals surface area contributed by atoms with E-state index in [4.69, 9.17) is 9.52 Å². The molecule has 3 rings (SSSR count). The largest absolute Gasteiger partial charge is 0.478 e. The van der Waals surface area contributed by atoms with Crippen molar-refractivity contribution in [2.75, 3.05) is 5.32 Å². The van der Waals surface area contributed by atoms with E-state index in [1.54, 1.807) is 18.2 Å². The minimum absolute atomic E-state index is 0.0452. The molecule has 25 heavy (non-hydrogen) atoms. The zero-order valence-corrected chi connectivity index (χ0v) is 13.5. The molecule has 1 aromatic carbocycles. The van der Waals surface area contributed by atoms with Crippen LogP contribution in [0.15, 0.2) is 46.4 Å². The van der Waals surface area contributed by atoms with Crippen molar-refractivity contribution in [3.05, 3.63) is 59.1 Å². The summed E-state index contributed by atoms with van der Waals surface area (Å²) in [6, 6.07) is 11.4. The predicted molar refractivity (Wildman–Crippen MR) is 90.9 cm³/mol. The molecule has 0 radical (unpaired) electrons. The van der Waals surface area contributed by atoms with Crippen LogP contribution in [0.5, 0.6) is 0 Å². The molecule has 1 aliphatic rings. The van der Waals surface area contributed by atoms with E-state index in [1.807, 2.05) is 12.1 Å². The van der Waals surface area contributed by atoms with Crippen molar-refractivity contribution in [1.29, 1.82) is 5.26 Å². The van der Waals surface area contributed by atoms with Crippen LogP contribution in [0.4, 0.5) is 5.69 Å². The van der Waals surface area contributed by atoms with Gasteiger partial charge in [-0.25, -0.2) is 4.79 Å². The molecule has 1 saturated carbocycles. The van der Waals surface area contributed by atoms with E-state index in [2.05, 4.69) is 12.2 Å². The van der Waals surface area contributed by atoms with Crippen LogP contribution in [-0.2, 0) is 4.79 Å². The molecule has 1 fully saturated rings. The number of carboxylic acids is 1. The zero-order chi connectivity index (χ0) is 18.0. The van der Waals surface area contributed by atoms with Crippen molar-refractivity contribution >= 4 is 23.6 Å². The second-order valence-electron chi connectivity index (χ2n) is 6.03. The Morgan fingerprint density at radius 2 is 2.04 bits per heavy atom. The zero-order valence-electron chi connectivity index (χ0n) is 13.5. The van der Waals surface area contributed by atoms with E-state index in [0.717, 1.165) is 12.2 Å². The van der Waals surface area contributed by atoms with E-state index in [1.165, 1.54) is 18.2 Å². The molecule has 0 spiro atoms. The molecule has 0 aliphatic heterocycles. The van der Waals surface area contributed by atoms with Gasteiger partial charge >= 0.3 is 5.97 Å². The fraction of sp³-hybridized carbons (Fsp3) is 0.211. The number of benzene rings is 1. The molecule has 6 nitrogen and oxygen atoms in total. The summed E-state index contributed by atoms with van der Waals surface area (Å²) in [6.45, 7) is 2.14. The Hall–Kier alpha value is -3.33. The molecule has 0 bridgehead atoms. The van der Waals surface area contributed by atoms with E-state index in [-0.39, 0.29) is 16.8 Å². The lowest BCUT2D eigenvalue weighted by molar-refractivity contribution is -0.112. The lowest BCUT2D eigenvalue weighted by Crippen LogP contribution is -2.16. The average molecular weight is 336 g/mol. The highest BCUT2D eigenvalue weighted by molar-refractivity contribution is 6.11. The summed E-state index contributed by atoms with van der Waals surface area (Å²) in [6.07, 6.45) is 2.43. The number of carboxylic acid groups (broad SMARTS) is 1. The summed E-state index contributed by atoms with van der Waals surface area (Å²) < 4.78 is 5.67. The van der Waals surface area contributed by atoms with Gasteiger partial charge < -0.3 is 14.8 Å². The maximum atomic E-state index is 12.3. The number of anilines is 1. The van der Waals surface area contributed by atoms with Crippen LogP contribution < -0.4 is 5.32 Å². The summed E-state index contributed by atoms with van der Waals surface area (Å²) in [7, 11) is 0. The number of amides is 1. The van der Waals surface area contributed by atoms with Gasteiger partial charge in [0.2, 0.25) is 0 Å². The maximum Gasteiger partial charge on any atom is 0.337 e. The van der Waals surface area contributed by atoms with Gasteiger partial charge in [0.15, 0.2) is 0 Å². The van der Waals surface area contributed by atoms with Gasteiger partial charge in [-0.05, 0) is 36.6 Å². The number of aromatic carboxylic acids is 1. The van der Waals surface area contributed by atoms with Crippen LogP contribution >= 0.6 is 0 Å². The third-order valence-electron chi connectivity index (χ3n) is 4.18. The standard InChI is InChI=1S/C19H16N2O4/c1-11-8-15(11)17-7-6-13(25-17)9-12(10-20)18(22)21-16-5-3-2-4-14(16)19(23)24/h2-7,9,11,15H,8H2,1H3,(H,21,22)(H,23,24)/b12-9+/t11-,15+/m0/s1. The molecule has 2 aromatic rings. The van der Waals surface area contributed by atoms with Gasteiger partial charge in [-0.1, -0.05) is 19.1 Å². The molecule has 1 heterocycles. The normalized spacial score (nSPS) is 19.1. The number of hydrogen-bond acceptors (Lipinski definition) is 4. The number of furan rings is 1. The van der Waals surface area contributed by atoms with Crippen LogP contribution in [-0.4, -0.2) is 17.0 Å². The Morgan fingerprint density at radius 1 is 1.32 bits per heavy atom. The van der Waals surface area contributed by atoms with Gasteiger partial charge in [-0.2, -0.15) is 5.26 Å². The van der Waals surface area contributed by atoms with Crippen molar-refractivity contribution < 1.29 is 19.1 Å². The van der Waals surface area contributed by atoms with Gasteiger partial charge in [0.1, 0.15) is 23.2 Å². The number of carbonyl (C=O) groups excluding carboxylic acids is 1. The van der Waals surface area contributed by atoms with E-state index in [0.29, 0.717) is 17.6 Å². The van der Waals surface area contributed by atoms with E-state index < -0.39 is 11.9 Å². The Kier molecular flexibility index (Phi) is 4.40. The Morgan fingerprint density at radius 3 is 2.68 bits per heavy atom. The quantitative estimate of drug-likeness (QED) is 0.641. The fourth-order valence-corrected chi connectivity index (χ4v) is 2.62. The molecule has 1 amide bonds. The van der Waals surface area contributed by atoms with Crippen molar-refractivity contribution in [3.8, 4) is 6.07 Å². The lowest BCUT2D eigenvalue weighted by atomic mass is 10.1. The Labute approximate surface area is 144 Å². The average Bonchev–Trinajstić information content (AvgIpc) is 3.14. The molecule has 1 aliphatic carbocycles. The van der Waals surface area contributed by atoms with Crippen molar-refractivity contribution in [3.63, 3.8) is 0 Å². The van der Waals surface area contributed by atoms with Gasteiger partial charge in [-0.15, -0.1) is 0 Å². The minimum Gasteiger partial charge on any atom is -0.478 e. The molecule has 2 atom stereocenters. The topological polar surface area (TPSA) is 103 Å². The van der Waals surface area contributed by atoms with Crippen LogP contribution in [0.2, 0.25) is 0 Å². The SMILES string of the molecule is C[C@H]1C[C@H]1c1ccc(/C=C(\C#N)C(=O)Nc2ccccc2C(=O)O)o1. The number of para-hydroxylation sites is 1. The van der Waals surface area contributed by atoms with Crippen LogP contribution in [0, 0.1) is 17.2 Å². The van der Waals surface area contributed by atoms with Crippen LogP contribution in [0.25, 0.3) is 6.08 Å². The molecule has 1 aromatic heterocycles. The van der Waals surface area contributed by atoms with Crippen LogP contribution in [0.3, 0.4) is 0 Å². The summed E-state index contributed by atoms with van der Waals surface area (Å²) in [4.78, 5) is 23.5. The number of rotatable bonds is 5. The minimum atomic E-state index is -1.16. The van der Waals surface area contributed by atoms with Crippen LogP contribution in [0.1, 0.15) is 41.1 Å².